The minimum atomic E-state index is 0.144. The SMILES string of the molecule is CC(NC(=O)CC1CCC(N)CC1)C1CCCO1. The lowest BCUT2D eigenvalue weighted by atomic mass is 9.84. The van der Waals surface area contributed by atoms with Crippen molar-refractivity contribution in [1.29, 1.82) is 0 Å². The van der Waals surface area contributed by atoms with E-state index < -0.39 is 0 Å². The summed E-state index contributed by atoms with van der Waals surface area (Å²) < 4.78 is 5.59. The van der Waals surface area contributed by atoms with E-state index in [0.29, 0.717) is 18.4 Å². The highest BCUT2D eigenvalue weighted by atomic mass is 16.5. The normalized spacial score (nSPS) is 34.2. The number of carbonyl (C=O) groups is 1. The van der Waals surface area contributed by atoms with E-state index in [1.165, 1.54) is 0 Å². The van der Waals surface area contributed by atoms with Gasteiger partial charge in [0.1, 0.15) is 0 Å². The fraction of sp³-hybridized carbons (Fsp3) is 0.929. The molecular weight excluding hydrogens is 228 g/mol. The molecule has 1 aliphatic carbocycles. The molecule has 18 heavy (non-hydrogen) atoms. The van der Waals surface area contributed by atoms with Crippen molar-refractivity contribution in [2.75, 3.05) is 6.61 Å². The molecule has 2 atom stereocenters. The van der Waals surface area contributed by atoms with Crippen molar-refractivity contribution >= 4 is 5.91 Å². The van der Waals surface area contributed by atoms with Crippen LogP contribution >= 0.6 is 0 Å². The summed E-state index contributed by atoms with van der Waals surface area (Å²) in [7, 11) is 0. The maximum absolute atomic E-state index is 12.0. The summed E-state index contributed by atoms with van der Waals surface area (Å²) in [5.74, 6) is 0.708. The maximum Gasteiger partial charge on any atom is 0.220 e. The second-order valence-corrected chi connectivity index (χ2v) is 5.89. The van der Waals surface area contributed by atoms with Crippen molar-refractivity contribution in [2.24, 2.45) is 11.7 Å². The van der Waals surface area contributed by atoms with Gasteiger partial charge < -0.3 is 15.8 Å². The van der Waals surface area contributed by atoms with Crippen LogP contribution in [0.15, 0.2) is 0 Å². The lowest BCUT2D eigenvalue weighted by Gasteiger charge is -2.26. The number of amides is 1. The molecule has 2 aliphatic rings. The fourth-order valence-corrected chi connectivity index (χ4v) is 3.06. The van der Waals surface area contributed by atoms with Gasteiger partial charge in [0.2, 0.25) is 5.91 Å². The van der Waals surface area contributed by atoms with Crippen molar-refractivity contribution in [3.05, 3.63) is 0 Å². The van der Waals surface area contributed by atoms with Crippen LogP contribution in [0.25, 0.3) is 0 Å². The van der Waals surface area contributed by atoms with Crippen LogP contribution in [0.2, 0.25) is 0 Å². The first-order valence-corrected chi connectivity index (χ1v) is 7.31. The Bertz CT molecular complexity index is 269. The smallest absolute Gasteiger partial charge is 0.220 e. The zero-order valence-corrected chi connectivity index (χ0v) is 11.4. The molecule has 2 rings (SSSR count). The minimum absolute atomic E-state index is 0.144. The van der Waals surface area contributed by atoms with Crippen LogP contribution in [0, 0.1) is 5.92 Å². The molecule has 0 spiro atoms. The first-order chi connectivity index (χ1) is 8.65. The Kier molecular flexibility index (Phi) is 5.01. The number of carbonyl (C=O) groups excluding carboxylic acids is 1. The first-order valence-electron chi connectivity index (χ1n) is 7.31. The third-order valence-corrected chi connectivity index (χ3v) is 4.28. The number of nitrogens with two attached hydrogens (primary N) is 1. The number of ether oxygens (including phenoxy) is 1. The molecule has 1 heterocycles. The zero-order chi connectivity index (χ0) is 13.0. The number of hydrogen-bond donors (Lipinski definition) is 2. The van der Waals surface area contributed by atoms with Crippen molar-refractivity contribution < 1.29 is 9.53 Å². The van der Waals surface area contributed by atoms with E-state index in [0.717, 1.165) is 45.1 Å². The summed E-state index contributed by atoms with van der Waals surface area (Å²) in [6.45, 7) is 2.88. The van der Waals surface area contributed by atoms with Gasteiger partial charge in [0.15, 0.2) is 0 Å². The Labute approximate surface area is 110 Å². The fourth-order valence-electron chi connectivity index (χ4n) is 3.06. The van der Waals surface area contributed by atoms with Gasteiger partial charge in [-0.25, -0.2) is 0 Å². The van der Waals surface area contributed by atoms with Gasteiger partial charge in [0.05, 0.1) is 12.1 Å². The van der Waals surface area contributed by atoms with Gasteiger partial charge in [-0.2, -0.15) is 0 Å². The Hall–Kier alpha value is -0.610. The Morgan fingerprint density at radius 2 is 2.06 bits per heavy atom. The highest BCUT2D eigenvalue weighted by Crippen LogP contribution is 2.26. The third kappa shape index (κ3) is 3.95. The molecule has 1 saturated carbocycles. The van der Waals surface area contributed by atoms with Crippen LogP contribution in [-0.2, 0) is 9.53 Å². The van der Waals surface area contributed by atoms with E-state index in [2.05, 4.69) is 5.32 Å². The van der Waals surface area contributed by atoms with Gasteiger partial charge in [0.25, 0.3) is 0 Å². The van der Waals surface area contributed by atoms with E-state index in [-0.39, 0.29) is 18.1 Å². The average molecular weight is 254 g/mol. The van der Waals surface area contributed by atoms with E-state index in [4.69, 9.17) is 10.5 Å². The van der Waals surface area contributed by atoms with Crippen LogP contribution in [-0.4, -0.2) is 30.7 Å². The van der Waals surface area contributed by atoms with Gasteiger partial charge >= 0.3 is 0 Å². The molecule has 0 radical (unpaired) electrons. The quantitative estimate of drug-likeness (QED) is 0.800. The Balaban J connectivity index is 1.68. The molecule has 104 valence electrons. The number of hydrogen-bond acceptors (Lipinski definition) is 3. The van der Waals surface area contributed by atoms with E-state index in [1.54, 1.807) is 0 Å². The van der Waals surface area contributed by atoms with Gasteiger partial charge in [-0.15, -0.1) is 0 Å². The summed E-state index contributed by atoms with van der Waals surface area (Å²) in [5, 5.41) is 3.09. The zero-order valence-electron chi connectivity index (χ0n) is 11.4. The lowest BCUT2D eigenvalue weighted by Crippen LogP contribution is -2.41. The molecule has 1 amide bonds. The highest BCUT2D eigenvalue weighted by Gasteiger charge is 2.25. The minimum Gasteiger partial charge on any atom is -0.376 e. The second kappa shape index (κ2) is 6.53. The molecule has 1 saturated heterocycles. The van der Waals surface area contributed by atoms with Crippen LogP contribution in [0.3, 0.4) is 0 Å². The van der Waals surface area contributed by atoms with Crippen molar-refractivity contribution in [2.45, 2.75) is 70.1 Å². The standard InChI is InChI=1S/C14H26N2O2/c1-10(13-3-2-8-18-13)16-14(17)9-11-4-6-12(15)7-5-11/h10-13H,2-9,15H2,1H3,(H,16,17). The Morgan fingerprint density at radius 3 is 2.67 bits per heavy atom. The Morgan fingerprint density at radius 1 is 1.33 bits per heavy atom. The van der Waals surface area contributed by atoms with Crippen molar-refractivity contribution in [1.82, 2.24) is 5.32 Å². The van der Waals surface area contributed by atoms with Gasteiger partial charge in [-0.05, 0) is 51.4 Å². The maximum atomic E-state index is 12.0. The summed E-state index contributed by atoms with van der Waals surface area (Å²) in [6.07, 6.45) is 7.40. The largest absolute Gasteiger partial charge is 0.376 e. The summed E-state index contributed by atoms with van der Waals surface area (Å²) in [4.78, 5) is 12.0. The molecule has 4 heteroatoms. The van der Waals surface area contributed by atoms with Crippen LogP contribution in [0.1, 0.15) is 51.9 Å². The predicted octanol–water partition coefficient (Wildman–Crippen LogP) is 1.58. The summed E-state index contributed by atoms with van der Waals surface area (Å²) in [6, 6.07) is 0.501. The molecular formula is C14H26N2O2. The van der Waals surface area contributed by atoms with E-state index in [1.807, 2.05) is 6.92 Å². The monoisotopic (exact) mass is 254 g/mol. The lowest BCUT2D eigenvalue weighted by molar-refractivity contribution is -0.123. The summed E-state index contributed by atoms with van der Waals surface area (Å²) in [5.41, 5.74) is 5.87. The molecule has 1 aliphatic heterocycles. The third-order valence-electron chi connectivity index (χ3n) is 4.28. The van der Waals surface area contributed by atoms with Crippen molar-refractivity contribution in [3.8, 4) is 0 Å². The van der Waals surface area contributed by atoms with E-state index >= 15 is 0 Å². The molecule has 4 nitrogen and oxygen atoms in total. The number of rotatable bonds is 4. The molecule has 2 fully saturated rings. The average Bonchev–Trinajstić information content (AvgIpc) is 2.85. The molecule has 0 aromatic carbocycles. The molecule has 0 bridgehead atoms. The van der Waals surface area contributed by atoms with Crippen LogP contribution in [0.4, 0.5) is 0 Å². The van der Waals surface area contributed by atoms with Crippen LogP contribution < -0.4 is 11.1 Å². The molecule has 0 aromatic heterocycles. The topological polar surface area (TPSA) is 64.4 Å². The van der Waals surface area contributed by atoms with Gasteiger partial charge in [-0.3, -0.25) is 4.79 Å². The molecule has 2 unspecified atom stereocenters. The number of nitrogens with one attached hydrogen (secondary N) is 1. The second-order valence-electron chi connectivity index (χ2n) is 5.89. The van der Waals surface area contributed by atoms with E-state index in [9.17, 15) is 4.79 Å². The molecule has 3 N–H and O–H groups in total. The van der Waals surface area contributed by atoms with Gasteiger partial charge in [0, 0.05) is 19.1 Å². The predicted molar refractivity (Wildman–Crippen MR) is 71.1 cm³/mol. The highest BCUT2D eigenvalue weighted by molar-refractivity contribution is 5.76. The first kappa shape index (κ1) is 13.8. The van der Waals surface area contributed by atoms with Crippen molar-refractivity contribution in [3.63, 3.8) is 0 Å². The van der Waals surface area contributed by atoms with Crippen LogP contribution in [0.5, 0.6) is 0 Å². The van der Waals surface area contributed by atoms with Gasteiger partial charge in [-0.1, -0.05) is 0 Å². The molecule has 0 aromatic rings. The summed E-state index contributed by atoms with van der Waals surface area (Å²) >= 11 is 0.